The molecule has 0 fully saturated rings. The average molecular weight is 576 g/mol. The molecule has 3 aromatic heterocycles. The summed E-state index contributed by atoms with van der Waals surface area (Å²) in [5.41, 5.74) is 8.67. The number of aromatic nitrogens is 3. The summed E-state index contributed by atoms with van der Waals surface area (Å²) in [4.78, 5) is 10.7. The van der Waals surface area contributed by atoms with Crippen molar-refractivity contribution in [3.8, 4) is 28.2 Å². The van der Waals surface area contributed by atoms with Crippen LogP contribution in [-0.2, 0) is 0 Å². The molecule has 0 atom stereocenters. The Labute approximate surface area is 255 Å². The van der Waals surface area contributed by atoms with Gasteiger partial charge in [0.2, 0.25) is 0 Å². The van der Waals surface area contributed by atoms with Gasteiger partial charge in [0.05, 0.1) is 22.1 Å². The van der Waals surface area contributed by atoms with Gasteiger partial charge >= 0.3 is 0 Å². The first-order chi connectivity index (χ1) is 21.8. The number of thiophene rings is 1. The number of nitrogens with zero attached hydrogens (tertiary/aromatic N) is 3. The maximum Gasteiger partial charge on any atom is 0.165 e. The van der Waals surface area contributed by atoms with Gasteiger partial charge in [0, 0.05) is 36.5 Å². The third-order valence-electron chi connectivity index (χ3n) is 9.47. The topological polar surface area (TPSA) is 30.7 Å². The standard InChI is InChI=1S/C40H21N3S/c1-2-8-24-21-25(16-15-22(24)7-1)39-40(42-29-13-4-3-12-28(29)41-39)43-30-18-17-23-9-5-10-26-27-11-6-14-32-35(27)38-33(44-32)20-19-31(43)37(38)36(30)34(23)26/h1-21H. The third kappa shape index (κ3) is 2.81. The summed E-state index contributed by atoms with van der Waals surface area (Å²) < 4.78 is 5.03. The Bertz CT molecular complexity index is 2890. The smallest absolute Gasteiger partial charge is 0.165 e. The van der Waals surface area contributed by atoms with Crippen LogP contribution in [0, 0.1) is 0 Å². The molecule has 11 rings (SSSR count). The molecule has 4 heteroatoms. The van der Waals surface area contributed by atoms with Crippen LogP contribution in [0.25, 0.3) is 103 Å². The highest BCUT2D eigenvalue weighted by Gasteiger charge is 2.27. The van der Waals surface area contributed by atoms with Crippen molar-refractivity contribution in [2.45, 2.75) is 0 Å². The largest absolute Gasteiger partial charge is 0.292 e. The molecule has 0 unspecified atom stereocenters. The van der Waals surface area contributed by atoms with Crippen molar-refractivity contribution in [3.05, 3.63) is 127 Å². The van der Waals surface area contributed by atoms with Crippen LogP contribution in [0.15, 0.2) is 127 Å². The van der Waals surface area contributed by atoms with Crippen LogP contribution in [0.5, 0.6) is 0 Å². The van der Waals surface area contributed by atoms with Crippen LogP contribution >= 0.6 is 11.3 Å². The molecule has 1 aliphatic rings. The van der Waals surface area contributed by atoms with Crippen LogP contribution in [0.4, 0.5) is 0 Å². The molecule has 3 nitrogen and oxygen atoms in total. The zero-order chi connectivity index (χ0) is 28.5. The Morgan fingerprint density at radius 2 is 1.11 bits per heavy atom. The molecule has 0 saturated carbocycles. The maximum atomic E-state index is 5.40. The van der Waals surface area contributed by atoms with E-state index in [1.165, 1.54) is 63.6 Å². The van der Waals surface area contributed by atoms with E-state index in [1.54, 1.807) is 0 Å². The second-order valence-corrected chi connectivity index (χ2v) is 12.8. The Hall–Kier alpha value is -5.58. The van der Waals surface area contributed by atoms with E-state index in [0.29, 0.717) is 0 Å². The van der Waals surface area contributed by atoms with Crippen molar-refractivity contribution in [1.29, 1.82) is 0 Å². The molecule has 0 aliphatic heterocycles. The van der Waals surface area contributed by atoms with Crippen molar-refractivity contribution < 1.29 is 0 Å². The number of hydrogen-bond donors (Lipinski definition) is 0. The zero-order valence-electron chi connectivity index (χ0n) is 23.4. The number of benzene rings is 7. The van der Waals surface area contributed by atoms with Gasteiger partial charge in [-0.05, 0) is 75.1 Å². The molecule has 0 spiro atoms. The van der Waals surface area contributed by atoms with Crippen LogP contribution in [0.2, 0.25) is 0 Å². The Kier molecular flexibility index (Phi) is 4.21. The van der Waals surface area contributed by atoms with E-state index >= 15 is 0 Å². The Morgan fingerprint density at radius 1 is 0.455 bits per heavy atom. The van der Waals surface area contributed by atoms with Gasteiger partial charge in [-0.25, -0.2) is 9.97 Å². The highest BCUT2D eigenvalue weighted by molar-refractivity contribution is 7.26. The molecule has 202 valence electrons. The van der Waals surface area contributed by atoms with E-state index in [2.05, 4.69) is 120 Å². The molecule has 0 saturated heterocycles. The SMILES string of the molecule is c1ccc2cc(-c3nc4ccccc4nc3-n3c4ccc5cccc6c5c4c4c5c(ccc43)sc3cccc-6c35)ccc2c1. The van der Waals surface area contributed by atoms with Gasteiger partial charge in [-0.2, -0.15) is 0 Å². The van der Waals surface area contributed by atoms with E-state index in [4.69, 9.17) is 9.97 Å². The lowest BCUT2D eigenvalue weighted by molar-refractivity contribution is 1.08. The second kappa shape index (κ2) is 8.07. The lowest BCUT2D eigenvalue weighted by Crippen LogP contribution is -2.03. The van der Waals surface area contributed by atoms with Gasteiger partial charge in [-0.1, -0.05) is 84.9 Å². The van der Waals surface area contributed by atoms with Crippen molar-refractivity contribution in [2.24, 2.45) is 0 Å². The quantitative estimate of drug-likeness (QED) is 0.205. The van der Waals surface area contributed by atoms with Gasteiger partial charge in [0.25, 0.3) is 0 Å². The van der Waals surface area contributed by atoms with E-state index in [1.807, 2.05) is 23.5 Å². The fraction of sp³-hybridized carbons (Fsp3) is 0. The average Bonchev–Trinajstić information content (AvgIpc) is 3.58. The first-order valence-electron chi connectivity index (χ1n) is 14.9. The van der Waals surface area contributed by atoms with Gasteiger partial charge in [-0.15, -0.1) is 11.3 Å². The van der Waals surface area contributed by atoms with E-state index < -0.39 is 0 Å². The molecule has 0 radical (unpaired) electrons. The zero-order valence-corrected chi connectivity index (χ0v) is 24.2. The molecule has 1 aliphatic carbocycles. The van der Waals surface area contributed by atoms with Crippen molar-refractivity contribution >= 4 is 85.9 Å². The van der Waals surface area contributed by atoms with E-state index in [0.717, 1.165) is 39.1 Å². The van der Waals surface area contributed by atoms with Gasteiger partial charge < -0.3 is 0 Å². The minimum atomic E-state index is 0.857. The lowest BCUT2D eigenvalue weighted by atomic mass is 9.95. The first-order valence-corrected chi connectivity index (χ1v) is 15.7. The fourth-order valence-corrected chi connectivity index (χ4v) is 8.77. The molecule has 7 aromatic carbocycles. The minimum Gasteiger partial charge on any atom is -0.292 e. The number of hydrogen-bond acceptors (Lipinski definition) is 3. The van der Waals surface area contributed by atoms with Crippen LogP contribution in [0.3, 0.4) is 0 Å². The van der Waals surface area contributed by atoms with Gasteiger partial charge in [0.15, 0.2) is 5.82 Å². The molecule has 44 heavy (non-hydrogen) atoms. The Balaban J connectivity index is 1.37. The number of rotatable bonds is 2. The van der Waals surface area contributed by atoms with Crippen molar-refractivity contribution in [2.75, 3.05) is 0 Å². The maximum absolute atomic E-state index is 5.40. The number of fused-ring (bicyclic) bond motifs is 3. The summed E-state index contributed by atoms with van der Waals surface area (Å²) >= 11 is 1.89. The van der Waals surface area contributed by atoms with Crippen LogP contribution in [-0.4, -0.2) is 14.5 Å². The van der Waals surface area contributed by atoms with Crippen molar-refractivity contribution in [1.82, 2.24) is 14.5 Å². The minimum absolute atomic E-state index is 0.857. The van der Waals surface area contributed by atoms with Crippen molar-refractivity contribution in [3.63, 3.8) is 0 Å². The van der Waals surface area contributed by atoms with Gasteiger partial charge in [-0.3, -0.25) is 4.57 Å². The summed E-state index contributed by atoms with van der Waals surface area (Å²) in [5, 5.41) is 10.3. The Morgan fingerprint density at radius 3 is 2.00 bits per heavy atom. The molecule has 0 amide bonds. The number of para-hydroxylation sites is 2. The molecule has 3 heterocycles. The summed E-state index contributed by atoms with van der Waals surface area (Å²) in [6.45, 7) is 0. The summed E-state index contributed by atoms with van der Waals surface area (Å²) in [6, 6.07) is 46.0. The van der Waals surface area contributed by atoms with Crippen LogP contribution < -0.4 is 0 Å². The summed E-state index contributed by atoms with van der Waals surface area (Å²) in [6.07, 6.45) is 0. The molecular formula is C40H21N3S. The third-order valence-corrected chi connectivity index (χ3v) is 10.6. The molecular weight excluding hydrogens is 555 g/mol. The summed E-state index contributed by atoms with van der Waals surface area (Å²) in [5.74, 6) is 0.857. The molecule has 10 aromatic rings. The van der Waals surface area contributed by atoms with Gasteiger partial charge in [0.1, 0.15) is 5.69 Å². The predicted molar refractivity (Wildman–Crippen MR) is 186 cm³/mol. The summed E-state index contributed by atoms with van der Waals surface area (Å²) in [7, 11) is 0. The first kappa shape index (κ1) is 22.9. The monoisotopic (exact) mass is 575 g/mol. The lowest BCUT2D eigenvalue weighted by Gasteiger charge is -2.15. The predicted octanol–water partition coefficient (Wildman–Crippen LogP) is 11.0. The molecule has 0 N–H and O–H groups in total. The van der Waals surface area contributed by atoms with Crippen LogP contribution in [0.1, 0.15) is 0 Å². The normalized spacial score (nSPS) is 12.5. The van der Waals surface area contributed by atoms with E-state index in [-0.39, 0.29) is 0 Å². The second-order valence-electron chi connectivity index (χ2n) is 11.8. The highest BCUT2D eigenvalue weighted by Crippen LogP contribution is 2.52. The van der Waals surface area contributed by atoms with E-state index in [9.17, 15) is 0 Å². The highest BCUT2D eigenvalue weighted by atomic mass is 32.1. The fourth-order valence-electron chi connectivity index (χ4n) is 7.63. The molecule has 0 bridgehead atoms.